The minimum atomic E-state index is -1.21. The fourth-order valence-electron chi connectivity index (χ4n) is 3.37. The van der Waals surface area contributed by atoms with E-state index in [2.05, 4.69) is 9.97 Å². The van der Waals surface area contributed by atoms with Gasteiger partial charge in [0.05, 0.1) is 21.8 Å². The third kappa shape index (κ3) is 3.60. The van der Waals surface area contributed by atoms with E-state index in [1.165, 1.54) is 6.07 Å². The molecule has 3 aromatic carbocycles. The van der Waals surface area contributed by atoms with Gasteiger partial charge in [0, 0.05) is 10.9 Å². The van der Waals surface area contributed by atoms with Gasteiger partial charge in [-0.05, 0) is 23.6 Å². The van der Waals surface area contributed by atoms with Crippen molar-refractivity contribution >= 4 is 34.3 Å². The molecule has 3 N–H and O–H groups in total. The van der Waals surface area contributed by atoms with E-state index >= 15 is 0 Å². The Labute approximate surface area is 176 Å². The summed E-state index contributed by atoms with van der Waals surface area (Å²) in [5, 5.41) is 10.2. The Hall–Kier alpha value is -3.77. The average molecular weight is 418 g/mol. The van der Waals surface area contributed by atoms with Crippen molar-refractivity contribution < 1.29 is 9.90 Å². The van der Waals surface area contributed by atoms with Gasteiger partial charge in [-0.25, -0.2) is 14.8 Å². The van der Waals surface area contributed by atoms with E-state index in [9.17, 15) is 14.7 Å². The molecule has 0 unspecified atom stereocenters. The molecule has 0 saturated carbocycles. The number of nitrogens with two attached hydrogens (primary N) is 1. The molecule has 0 saturated heterocycles. The lowest BCUT2D eigenvalue weighted by atomic mass is 9.95. The zero-order chi connectivity index (χ0) is 21.3. The topological polar surface area (TPSA) is 106 Å². The molecule has 1 heterocycles. The summed E-state index contributed by atoms with van der Waals surface area (Å²) >= 11 is 6.57. The van der Waals surface area contributed by atoms with E-state index in [1.807, 2.05) is 60.7 Å². The van der Waals surface area contributed by atoms with Crippen molar-refractivity contribution in [3.8, 4) is 11.3 Å². The van der Waals surface area contributed by atoms with Crippen LogP contribution in [0.1, 0.15) is 21.5 Å². The quantitative estimate of drug-likeness (QED) is 0.516. The molecular formula is C23H16ClN3O3. The van der Waals surface area contributed by atoms with E-state index in [0.717, 1.165) is 5.56 Å². The number of fused-ring (bicyclic) bond motifs is 1. The normalized spacial score (nSPS) is 10.8. The summed E-state index contributed by atoms with van der Waals surface area (Å²) in [6.45, 7) is 0. The predicted molar refractivity (Wildman–Crippen MR) is 117 cm³/mol. The number of carboxylic acids is 1. The summed E-state index contributed by atoms with van der Waals surface area (Å²) in [5.74, 6) is -1.48. The largest absolute Gasteiger partial charge is 0.478 e. The monoisotopic (exact) mass is 417 g/mol. The number of nitrogen functional groups attached to an aromatic ring is 1. The second kappa shape index (κ2) is 7.93. The SMILES string of the molecule is Nc1nc(-c2ccccc2)c2c(Cc3ccccc3)c(Cl)c(C(=O)O)cc2nc1=O. The van der Waals surface area contributed by atoms with Gasteiger partial charge in [0.2, 0.25) is 0 Å². The van der Waals surface area contributed by atoms with Gasteiger partial charge >= 0.3 is 11.5 Å². The minimum absolute atomic E-state index is 0.0804. The maximum Gasteiger partial charge on any atom is 0.337 e. The number of halogens is 1. The summed E-state index contributed by atoms with van der Waals surface area (Å²) in [6.07, 6.45) is 0.332. The molecule has 7 heteroatoms. The molecule has 6 nitrogen and oxygen atoms in total. The van der Waals surface area contributed by atoms with E-state index in [1.54, 1.807) is 0 Å². The van der Waals surface area contributed by atoms with Crippen LogP contribution >= 0.6 is 11.6 Å². The zero-order valence-corrected chi connectivity index (χ0v) is 16.4. The number of hydrogen-bond donors (Lipinski definition) is 2. The van der Waals surface area contributed by atoms with Crippen molar-refractivity contribution in [1.29, 1.82) is 0 Å². The first-order chi connectivity index (χ1) is 14.5. The molecule has 0 aliphatic carbocycles. The zero-order valence-electron chi connectivity index (χ0n) is 15.7. The number of carbonyl (C=O) groups is 1. The number of hydrogen-bond acceptors (Lipinski definition) is 5. The van der Waals surface area contributed by atoms with Crippen molar-refractivity contribution in [3.63, 3.8) is 0 Å². The molecule has 0 radical (unpaired) electrons. The van der Waals surface area contributed by atoms with Crippen molar-refractivity contribution in [1.82, 2.24) is 9.97 Å². The minimum Gasteiger partial charge on any atom is -0.478 e. The van der Waals surface area contributed by atoms with Gasteiger partial charge in [-0.2, -0.15) is 0 Å². The third-order valence-electron chi connectivity index (χ3n) is 4.75. The highest BCUT2D eigenvalue weighted by Gasteiger charge is 2.21. The highest BCUT2D eigenvalue weighted by molar-refractivity contribution is 6.35. The first-order valence-electron chi connectivity index (χ1n) is 9.11. The molecule has 0 fully saturated rings. The maximum absolute atomic E-state index is 12.4. The van der Waals surface area contributed by atoms with Crippen molar-refractivity contribution in [2.75, 3.05) is 5.73 Å². The van der Waals surface area contributed by atoms with Crippen LogP contribution in [0, 0.1) is 0 Å². The van der Waals surface area contributed by atoms with Crippen molar-refractivity contribution in [3.05, 3.63) is 98.8 Å². The van der Waals surface area contributed by atoms with Gasteiger partial charge < -0.3 is 10.8 Å². The molecule has 0 amide bonds. The van der Waals surface area contributed by atoms with Crippen LogP contribution in [0.2, 0.25) is 5.02 Å². The molecule has 30 heavy (non-hydrogen) atoms. The summed E-state index contributed by atoms with van der Waals surface area (Å²) in [7, 11) is 0. The van der Waals surface area contributed by atoms with Crippen LogP contribution in [0.25, 0.3) is 22.2 Å². The van der Waals surface area contributed by atoms with E-state index < -0.39 is 11.5 Å². The van der Waals surface area contributed by atoms with E-state index in [0.29, 0.717) is 28.6 Å². The van der Waals surface area contributed by atoms with Gasteiger partial charge in [0.1, 0.15) is 0 Å². The number of nitrogens with zero attached hydrogens (tertiary/aromatic N) is 2. The Morgan fingerprint density at radius 3 is 2.27 bits per heavy atom. The van der Waals surface area contributed by atoms with Crippen LogP contribution in [0.15, 0.2) is 71.5 Å². The Kier molecular flexibility index (Phi) is 5.16. The Balaban J connectivity index is 2.18. The lowest BCUT2D eigenvalue weighted by Crippen LogP contribution is -2.09. The summed E-state index contributed by atoms with van der Waals surface area (Å²) in [5.41, 5.74) is 7.74. The molecule has 148 valence electrons. The molecule has 4 aromatic rings. The van der Waals surface area contributed by atoms with Gasteiger partial charge in [-0.3, -0.25) is 4.79 Å². The van der Waals surface area contributed by atoms with E-state index in [4.69, 9.17) is 17.3 Å². The fourth-order valence-corrected chi connectivity index (χ4v) is 3.67. The van der Waals surface area contributed by atoms with Crippen LogP contribution < -0.4 is 11.3 Å². The number of aromatic nitrogens is 2. The Morgan fingerprint density at radius 2 is 1.63 bits per heavy atom. The fraction of sp³-hybridized carbons (Fsp3) is 0.0435. The summed E-state index contributed by atoms with van der Waals surface area (Å²) in [6, 6.07) is 20.0. The molecule has 1 aromatic heterocycles. The molecule has 0 bridgehead atoms. The second-order valence-corrected chi connectivity index (χ2v) is 7.08. The molecule has 4 rings (SSSR count). The highest BCUT2D eigenvalue weighted by Crippen LogP contribution is 2.36. The lowest BCUT2D eigenvalue weighted by molar-refractivity contribution is 0.0697. The standard InChI is InChI=1S/C23H16ClN3O3/c24-19-15(11-13-7-3-1-4-8-13)18-17(12-16(19)23(29)30)26-22(28)21(25)27-20(18)14-9-5-2-6-10-14/h1-10,12H,11H2,(H,29,30)(H2,25,26,27,28). The smallest absolute Gasteiger partial charge is 0.337 e. The van der Waals surface area contributed by atoms with Gasteiger partial charge in [0.25, 0.3) is 0 Å². The van der Waals surface area contributed by atoms with Gasteiger partial charge in [-0.15, -0.1) is 0 Å². The number of carboxylic acid groups (broad SMARTS) is 1. The molecule has 0 spiro atoms. The van der Waals surface area contributed by atoms with E-state index in [-0.39, 0.29) is 21.9 Å². The first kappa shape index (κ1) is 19.5. The van der Waals surface area contributed by atoms with Crippen LogP contribution in [-0.2, 0) is 6.42 Å². The Bertz CT molecular complexity index is 1330. The average Bonchev–Trinajstić information content (AvgIpc) is 2.87. The highest BCUT2D eigenvalue weighted by atomic mass is 35.5. The van der Waals surface area contributed by atoms with Crippen LogP contribution in [0.3, 0.4) is 0 Å². The number of rotatable bonds is 4. The van der Waals surface area contributed by atoms with Crippen LogP contribution in [0.4, 0.5) is 5.82 Å². The third-order valence-corrected chi connectivity index (χ3v) is 5.18. The first-order valence-corrected chi connectivity index (χ1v) is 9.49. The maximum atomic E-state index is 12.4. The molecule has 0 aliphatic heterocycles. The Morgan fingerprint density at radius 1 is 1.00 bits per heavy atom. The summed E-state index contributed by atoms with van der Waals surface area (Å²) < 4.78 is 0. The van der Waals surface area contributed by atoms with Gasteiger partial charge in [0.15, 0.2) is 5.82 Å². The number of aromatic carboxylic acids is 1. The molecular weight excluding hydrogens is 402 g/mol. The predicted octanol–water partition coefficient (Wildman–Crippen LogP) is 4.18. The lowest BCUT2D eigenvalue weighted by Gasteiger charge is -2.13. The number of benzene rings is 3. The molecule has 0 atom stereocenters. The molecule has 0 aliphatic rings. The van der Waals surface area contributed by atoms with Crippen LogP contribution in [0.5, 0.6) is 0 Å². The second-order valence-electron chi connectivity index (χ2n) is 6.71. The van der Waals surface area contributed by atoms with Crippen molar-refractivity contribution in [2.45, 2.75) is 6.42 Å². The van der Waals surface area contributed by atoms with Gasteiger partial charge in [-0.1, -0.05) is 72.3 Å². The van der Waals surface area contributed by atoms with Crippen LogP contribution in [-0.4, -0.2) is 21.0 Å². The summed E-state index contributed by atoms with van der Waals surface area (Å²) in [4.78, 5) is 32.6. The number of anilines is 1. The van der Waals surface area contributed by atoms with Crippen molar-refractivity contribution in [2.24, 2.45) is 0 Å².